The normalized spacial score (nSPS) is 12.5. The summed E-state index contributed by atoms with van der Waals surface area (Å²) in [7, 11) is 1.32. The molecule has 0 fully saturated rings. The maximum Gasteiger partial charge on any atom is 0.407 e. The number of unbranched alkanes of at least 4 members (excludes halogenated alkanes) is 2. The third-order valence-electron chi connectivity index (χ3n) is 4.55. The van der Waals surface area contributed by atoms with E-state index in [4.69, 9.17) is 9.47 Å². The first-order chi connectivity index (χ1) is 13.5. The van der Waals surface area contributed by atoms with Gasteiger partial charge in [-0.15, -0.1) is 0 Å². The van der Waals surface area contributed by atoms with Crippen molar-refractivity contribution in [3.8, 4) is 0 Å². The lowest BCUT2D eigenvalue weighted by molar-refractivity contribution is -0.146. The van der Waals surface area contributed by atoms with E-state index in [1.807, 2.05) is 44.2 Å². The van der Waals surface area contributed by atoms with Crippen LogP contribution < -0.4 is 10.6 Å². The summed E-state index contributed by atoms with van der Waals surface area (Å²) in [5.41, 5.74) is 0.936. The number of alkyl carbamates (subject to hydrolysis) is 1. The molecule has 0 aromatic heterocycles. The summed E-state index contributed by atoms with van der Waals surface area (Å²) in [6.07, 6.45) is 2.88. The summed E-state index contributed by atoms with van der Waals surface area (Å²) >= 11 is 0. The Hall–Kier alpha value is -2.57. The highest BCUT2D eigenvalue weighted by Crippen LogP contribution is 2.10. The Kier molecular flexibility index (Phi) is 11.4. The summed E-state index contributed by atoms with van der Waals surface area (Å²) in [6.45, 7) is 4.60. The molecule has 0 aliphatic rings. The highest BCUT2D eigenvalue weighted by atomic mass is 16.5. The van der Waals surface area contributed by atoms with Crippen LogP contribution in [-0.4, -0.2) is 37.7 Å². The molecule has 0 bridgehead atoms. The van der Waals surface area contributed by atoms with Crippen molar-refractivity contribution >= 4 is 18.0 Å². The standard InChI is InChI=1S/C21H32N2O5/c1-4-16(2)19(20(25)27-3)23-18(24)13-9-6-10-14-22-21(26)28-15-17-11-7-5-8-12-17/h5,7-8,11-12,16,19H,4,6,9-10,13-15H2,1-3H3,(H,22,26)(H,23,24)/t16-,19+/m1/s1. The van der Waals surface area contributed by atoms with Gasteiger partial charge < -0.3 is 20.1 Å². The van der Waals surface area contributed by atoms with E-state index in [0.29, 0.717) is 19.4 Å². The Morgan fingerprint density at radius 1 is 1.07 bits per heavy atom. The molecule has 2 atom stereocenters. The van der Waals surface area contributed by atoms with Gasteiger partial charge >= 0.3 is 12.1 Å². The molecule has 1 aromatic rings. The maximum absolute atomic E-state index is 12.0. The summed E-state index contributed by atoms with van der Waals surface area (Å²) < 4.78 is 9.88. The van der Waals surface area contributed by atoms with Gasteiger partial charge in [0.25, 0.3) is 0 Å². The second kappa shape index (κ2) is 13.6. The molecule has 1 rings (SSSR count). The Labute approximate surface area is 167 Å². The Morgan fingerprint density at radius 2 is 1.79 bits per heavy atom. The largest absolute Gasteiger partial charge is 0.467 e. The lowest BCUT2D eigenvalue weighted by atomic mass is 9.99. The minimum atomic E-state index is -0.608. The molecule has 156 valence electrons. The topological polar surface area (TPSA) is 93.7 Å². The van der Waals surface area contributed by atoms with E-state index < -0.39 is 18.1 Å². The summed E-state index contributed by atoms with van der Waals surface area (Å²) in [5.74, 6) is -0.561. The Morgan fingerprint density at radius 3 is 2.43 bits per heavy atom. The fraction of sp³-hybridized carbons (Fsp3) is 0.571. The van der Waals surface area contributed by atoms with Crippen LogP contribution >= 0.6 is 0 Å². The molecule has 0 saturated carbocycles. The van der Waals surface area contributed by atoms with E-state index in [-0.39, 0.29) is 18.4 Å². The van der Waals surface area contributed by atoms with Crippen LogP contribution in [0, 0.1) is 5.92 Å². The van der Waals surface area contributed by atoms with Gasteiger partial charge in [-0.25, -0.2) is 9.59 Å². The number of hydrogen-bond acceptors (Lipinski definition) is 5. The van der Waals surface area contributed by atoms with Crippen molar-refractivity contribution in [2.24, 2.45) is 5.92 Å². The number of esters is 1. The Bertz CT molecular complexity index is 606. The lowest BCUT2D eigenvalue weighted by Crippen LogP contribution is -2.45. The van der Waals surface area contributed by atoms with Crippen molar-refractivity contribution in [2.45, 2.75) is 58.6 Å². The molecule has 0 unspecified atom stereocenters. The first-order valence-corrected chi connectivity index (χ1v) is 9.79. The molecule has 2 amide bonds. The SMILES string of the molecule is CC[C@@H](C)[C@H](NC(=O)CCCCCNC(=O)OCc1ccccc1)C(=O)OC. The number of carbonyl (C=O) groups is 3. The van der Waals surface area contributed by atoms with Crippen molar-refractivity contribution in [2.75, 3.05) is 13.7 Å². The number of hydrogen-bond donors (Lipinski definition) is 2. The number of methoxy groups -OCH3 is 1. The molecule has 7 heteroatoms. The van der Waals surface area contributed by atoms with Gasteiger partial charge in [0.05, 0.1) is 7.11 Å². The highest BCUT2D eigenvalue weighted by molar-refractivity contribution is 5.84. The number of carbonyl (C=O) groups excluding carboxylic acids is 3. The first-order valence-electron chi connectivity index (χ1n) is 9.79. The van der Waals surface area contributed by atoms with Gasteiger partial charge in [0.2, 0.25) is 5.91 Å². The smallest absolute Gasteiger partial charge is 0.407 e. The molecule has 0 spiro atoms. The van der Waals surface area contributed by atoms with Crippen LogP contribution in [-0.2, 0) is 25.7 Å². The van der Waals surface area contributed by atoms with E-state index in [1.54, 1.807) is 0 Å². The average molecular weight is 392 g/mol. The van der Waals surface area contributed by atoms with Gasteiger partial charge in [-0.05, 0) is 24.3 Å². The minimum Gasteiger partial charge on any atom is -0.467 e. The fourth-order valence-electron chi connectivity index (χ4n) is 2.59. The fourth-order valence-corrected chi connectivity index (χ4v) is 2.59. The third-order valence-corrected chi connectivity index (χ3v) is 4.55. The quantitative estimate of drug-likeness (QED) is 0.421. The van der Waals surface area contributed by atoms with Gasteiger partial charge in [-0.1, -0.05) is 57.0 Å². The third kappa shape index (κ3) is 9.39. The second-order valence-corrected chi connectivity index (χ2v) is 6.75. The van der Waals surface area contributed by atoms with Crippen LogP contribution in [0.15, 0.2) is 30.3 Å². The number of nitrogens with one attached hydrogen (secondary N) is 2. The number of ether oxygens (including phenoxy) is 2. The predicted octanol–water partition coefficient (Wildman–Crippen LogP) is 3.18. The Balaban J connectivity index is 2.13. The van der Waals surface area contributed by atoms with E-state index in [9.17, 15) is 14.4 Å². The maximum atomic E-state index is 12.0. The average Bonchev–Trinajstić information content (AvgIpc) is 2.72. The molecule has 0 aliphatic carbocycles. The number of benzene rings is 1. The van der Waals surface area contributed by atoms with Crippen molar-refractivity contribution < 1.29 is 23.9 Å². The molecule has 0 saturated heterocycles. The molecule has 0 heterocycles. The molecule has 2 N–H and O–H groups in total. The zero-order chi connectivity index (χ0) is 20.8. The molecule has 1 aromatic carbocycles. The van der Waals surface area contributed by atoms with E-state index in [2.05, 4.69) is 10.6 Å². The predicted molar refractivity (Wildman–Crippen MR) is 106 cm³/mol. The van der Waals surface area contributed by atoms with Crippen LogP contribution in [0.4, 0.5) is 4.79 Å². The summed E-state index contributed by atoms with van der Waals surface area (Å²) in [6, 6.07) is 8.87. The van der Waals surface area contributed by atoms with Crippen LogP contribution in [0.2, 0.25) is 0 Å². The highest BCUT2D eigenvalue weighted by Gasteiger charge is 2.26. The monoisotopic (exact) mass is 392 g/mol. The van der Waals surface area contributed by atoms with E-state index in [1.165, 1.54) is 7.11 Å². The van der Waals surface area contributed by atoms with Crippen molar-refractivity contribution in [3.63, 3.8) is 0 Å². The summed E-state index contributed by atoms with van der Waals surface area (Å²) in [4.78, 5) is 35.4. The minimum absolute atomic E-state index is 0.0162. The molecule has 28 heavy (non-hydrogen) atoms. The molecule has 0 aliphatic heterocycles. The zero-order valence-corrected chi connectivity index (χ0v) is 17.0. The number of amides is 2. The van der Waals surface area contributed by atoms with Crippen LogP contribution in [0.5, 0.6) is 0 Å². The molecule has 0 radical (unpaired) electrons. The van der Waals surface area contributed by atoms with Gasteiger partial charge in [0.1, 0.15) is 12.6 Å². The summed E-state index contributed by atoms with van der Waals surface area (Å²) in [5, 5.41) is 5.45. The number of rotatable bonds is 12. The van der Waals surface area contributed by atoms with Crippen LogP contribution in [0.3, 0.4) is 0 Å². The molecular formula is C21H32N2O5. The van der Waals surface area contributed by atoms with Crippen molar-refractivity contribution in [1.29, 1.82) is 0 Å². The van der Waals surface area contributed by atoms with Crippen LogP contribution in [0.1, 0.15) is 51.5 Å². The molecular weight excluding hydrogens is 360 g/mol. The van der Waals surface area contributed by atoms with E-state index >= 15 is 0 Å². The van der Waals surface area contributed by atoms with Gasteiger partial charge in [-0.2, -0.15) is 0 Å². The van der Waals surface area contributed by atoms with Gasteiger partial charge in [0, 0.05) is 13.0 Å². The zero-order valence-electron chi connectivity index (χ0n) is 17.0. The van der Waals surface area contributed by atoms with Gasteiger partial charge in [-0.3, -0.25) is 4.79 Å². The van der Waals surface area contributed by atoms with Gasteiger partial charge in [0.15, 0.2) is 0 Å². The molecule has 7 nitrogen and oxygen atoms in total. The first kappa shape index (κ1) is 23.5. The second-order valence-electron chi connectivity index (χ2n) is 6.75. The van der Waals surface area contributed by atoms with Crippen LogP contribution in [0.25, 0.3) is 0 Å². The van der Waals surface area contributed by atoms with E-state index in [0.717, 1.165) is 24.8 Å². The lowest BCUT2D eigenvalue weighted by Gasteiger charge is -2.21. The van der Waals surface area contributed by atoms with Crippen molar-refractivity contribution in [1.82, 2.24) is 10.6 Å². The van der Waals surface area contributed by atoms with Crippen molar-refractivity contribution in [3.05, 3.63) is 35.9 Å².